The maximum Gasteiger partial charge on any atom is 0.305 e. The van der Waals surface area contributed by atoms with Crippen molar-refractivity contribution in [2.24, 2.45) is 0 Å². The molecule has 0 N–H and O–H groups in total. The van der Waals surface area contributed by atoms with E-state index in [1.54, 1.807) is 4.31 Å². The van der Waals surface area contributed by atoms with Crippen molar-refractivity contribution in [2.75, 3.05) is 33.0 Å². The standard InChI is InChI=1S/C28H40N2O5S/c1-22-14-15-26-24(19-22)25(20-28(2,3)35-26)30(36(5,32)33)16-10-9-13-27(31)34-18-17-29(4)21-23-11-7-6-8-12-23/h6-8,11-12,14-15,19,25H,9-10,13,16-18,20-21H2,1-5H3. The lowest BCUT2D eigenvalue weighted by Crippen LogP contribution is -2.43. The molecule has 0 saturated carbocycles. The summed E-state index contributed by atoms with van der Waals surface area (Å²) >= 11 is 0. The zero-order valence-corrected chi connectivity index (χ0v) is 23.0. The van der Waals surface area contributed by atoms with Crippen LogP contribution in [-0.2, 0) is 26.1 Å². The molecular weight excluding hydrogens is 476 g/mol. The third-order valence-electron chi connectivity index (χ3n) is 6.41. The van der Waals surface area contributed by atoms with Gasteiger partial charge in [0.25, 0.3) is 0 Å². The Bertz CT molecular complexity index is 1120. The molecule has 0 amide bonds. The molecule has 0 bridgehead atoms. The Balaban J connectivity index is 1.49. The van der Waals surface area contributed by atoms with Crippen LogP contribution in [-0.4, -0.2) is 62.2 Å². The van der Waals surface area contributed by atoms with Crippen LogP contribution in [0.15, 0.2) is 48.5 Å². The quantitative estimate of drug-likeness (QED) is 0.301. The molecule has 1 unspecified atom stereocenters. The zero-order valence-electron chi connectivity index (χ0n) is 22.2. The number of carbonyl (C=O) groups is 1. The van der Waals surface area contributed by atoms with Crippen LogP contribution < -0.4 is 4.74 Å². The minimum atomic E-state index is -3.46. The average molecular weight is 517 g/mol. The Labute approximate surface area is 216 Å². The molecule has 1 aliphatic rings. The van der Waals surface area contributed by atoms with Gasteiger partial charge in [0.1, 0.15) is 18.0 Å². The minimum Gasteiger partial charge on any atom is -0.487 e. The first-order chi connectivity index (χ1) is 16.9. The third kappa shape index (κ3) is 8.32. The van der Waals surface area contributed by atoms with Gasteiger partial charge >= 0.3 is 5.97 Å². The lowest BCUT2D eigenvalue weighted by atomic mass is 9.89. The smallest absolute Gasteiger partial charge is 0.305 e. The number of ether oxygens (including phenoxy) is 2. The summed E-state index contributed by atoms with van der Waals surface area (Å²) in [5.74, 6) is 0.485. The van der Waals surface area contributed by atoms with Gasteiger partial charge in [0.05, 0.1) is 12.3 Å². The molecule has 1 aliphatic heterocycles. The van der Waals surface area contributed by atoms with Gasteiger partial charge < -0.3 is 9.47 Å². The fraction of sp³-hybridized carbons (Fsp3) is 0.536. The summed E-state index contributed by atoms with van der Waals surface area (Å²) in [4.78, 5) is 14.3. The van der Waals surface area contributed by atoms with E-state index in [9.17, 15) is 13.2 Å². The highest BCUT2D eigenvalue weighted by Gasteiger charge is 2.39. The number of hydrogen-bond donors (Lipinski definition) is 0. The van der Waals surface area contributed by atoms with Crippen molar-refractivity contribution in [3.05, 3.63) is 65.2 Å². The molecule has 198 valence electrons. The van der Waals surface area contributed by atoms with Crippen LogP contribution in [0.3, 0.4) is 0 Å². The fourth-order valence-electron chi connectivity index (χ4n) is 4.64. The highest BCUT2D eigenvalue weighted by Crippen LogP contribution is 2.43. The summed E-state index contributed by atoms with van der Waals surface area (Å²) in [6.07, 6.45) is 3.24. The number of benzene rings is 2. The number of fused-ring (bicyclic) bond motifs is 1. The molecule has 36 heavy (non-hydrogen) atoms. The molecule has 0 saturated heterocycles. The lowest BCUT2D eigenvalue weighted by molar-refractivity contribution is -0.144. The predicted molar refractivity (Wildman–Crippen MR) is 142 cm³/mol. The lowest BCUT2D eigenvalue weighted by Gasteiger charge is -2.41. The van der Waals surface area contributed by atoms with E-state index in [0.717, 1.165) is 23.4 Å². The number of rotatable bonds is 12. The van der Waals surface area contributed by atoms with Gasteiger partial charge in [-0.05, 0) is 52.3 Å². The molecule has 0 aromatic heterocycles. The second-order valence-corrected chi connectivity index (χ2v) is 12.3. The maximum atomic E-state index is 12.8. The summed E-state index contributed by atoms with van der Waals surface area (Å²) < 4.78 is 38.7. The van der Waals surface area contributed by atoms with E-state index in [2.05, 4.69) is 17.0 Å². The third-order valence-corrected chi connectivity index (χ3v) is 7.70. The van der Waals surface area contributed by atoms with Crippen LogP contribution in [0.2, 0.25) is 0 Å². The van der Waals surface area contributed by atoms with Crippen molar-refractivity contribution in [1.82, 2.24) is 9.21 Å². The van der Waals surface area contributed by atoms with Crippen LogP contribution in [0.5, 0.6) is 5.75 Å². The van der Waals surface area contributed by atoms with Gasteiger partial charge in [-0.3, -0.25) is 9.69 Å². The van der Waals surface area contributed by atoms with Gasteiger partial charge in [0.15, 0.2) is 0 Å². The first kappa shape index (κ1) is 28.2. The maximum absolute atomic E-state index is 12.8. The van der Waals surface area contributed by atoms with E-state index in [-0.39, 0.29) is 18.4 Å². The van der Waals surface area contributed by atoms with E-state index >= 15 is 0 Å². The van der Waals surface area contributed by atoms with Crippen LogP contribution in [0.25, 0.3) is 0 Å². The van der Waals surface area contributed by atoms with Gasteiger partial charge in [-0.15, -0.1) is 0 Å². The Morgan fingerprint density at radius 2 is 1.83 bits per heavy atom. The van der Waals surface area contributed by atoms with Crippen LogP contribution in [0.4, 0.5) is 0 Å². The molecule has 2 aromatic rings. The Morgan fingerprint density at radius 1 is 1.11 bits per heavy atom. The van der Waals surface area contributed by atoms with Gasteiger partial charge in [-0.1, -0.05) is 48.0 Å². The largest absolute Gasteiger partial charge is 0.487 e. The van der Waals surface area contributed by atoms with Crippen LogP contribution in [0, 0.1) is 6.92 Å². The number of carbonyl (C=O) groups excluding carboxylic acids is 1. The molecule has 2 aromatic carbocycles. The van der Waals surface area contributed by atoms with E-state index in [4.69, 9.17) is 9.47 Å². The van der Waals surface area contributed by atoms with Gasteiger partial charge in [0.2, 0.25) is 10.0 Å². The van der Waals surface area contributed by atoms with Gasteiger partial charge in [-0.2, -0.15) is 4.31 Å². The number of sulfonamides is 1. The molecule has 8 heteroatoms. The van der Waals surface area contributed by atoms with E-state index in [0.29, 0.717) is 39.0 Å². The molecule has 1 heterocycles. The minimum absolute atomic E-state index is 0.248. The number of likely N-dealkylation sites (N-methyl/N-ethyl adjacent to an activating group) is 1. The summed E-state index contributed by atoms with van der Waals surface area (Å²) in [7, 11) is -1.47. The van der Waals surface area contributed by atoms with Crippen molar-refractivity contribution in [3.8, 4) is 5.75 Å². The number of nitrogens with zero attached hydrogens (tertiary/aromatic N) is 2. The Morgan fingerprint density at radius 3 is 2.53 bits per heavy atom. The number of unbranched alkanes of at least 4 members (excludes halogenated alkanes) is 1. The second kappa shape index (κ2) is 12.2. The van der Waals surface area contributed by atoms with E-state index in [1.165, 1.54) is 11.8 Å². The monoisotopic (exact) mass is 516 g/mol. The van der Waals surface area contributed by atoms with Crippen molar-refractivity contribution < 1.29 is 22.7 Å². The van der Waals surface area contributed by atoms with Crippen molar-refractivity contribution in [1.29, 1.82) is 0 Å². The Kier molecular flexibility index (Phi) is 9.55. The van der Waals surface area contributed by atoms with Crippen molar-refractivity contribution in [2.45, 2.75) is 64.6 Å². The molecule has 0 fully saturated rings. The number of esters is 1. The highest BCUT2D eigenvalue weighted by molar-refractivity contribution is 7.88. The van der Waals surface area contributed by atoms with Crippen LogP contribution in [0.1, 0.15) is 62.3 Å². The highest BCUT2D eigenvalue weighted by atomic mass is 32.2. The summed E-state index contributed by atoms with van der Waals surface area (Å²) in [6, 6.07) is 15.8. The summed E-state index contributed by atoms with van der Waals surface area (Å²) in [5, 5.41) is 0. The van der Waals surface area contributed by atoms with Crippen LogP contribution >= 0.6 is 0 Å². The first-order valence-corrected chi connectivity index (χ1v) is 14.4. The summed E-state index contributed by atoms with van der Waals surface area (Å²) in [6.45, 7) is 8.09. The summed E-state index contributed by atoms with van der Waals surface area (Å²) in [5.41, 5.74) is 2.70. The van der Waals surface area contributed by atoms with E-state index in [1.807, 2.05) is 64.2 Å². The Hall–Kier alpha value is -2.42. The molecule has 0 radical (unpaired) electrons. The van der Waals surface area contributed by atoms with Crippen molar-refractivity contribution in [3.63, 3.8) is 0 Å². The number of aryl methyl sites for hydroxylation is 1. The molecule has 7 nitrogen and oxygen atoms in total. The van der Waals surface area contributed by atoms with Gasteiger partial charge in [-0.25, -0.2) is 8.42 Å². The molecular formula is C28H40N2O5S. The first-order valence-electron chi connectivity index (χ1n) is 12.6. The predicted octanol–water partition coefficient (Wildman–Crippen LogP) is 4.70. The fourth-order valence-corrected chi connectivity index (χ4v) is 5.76. The average Bonchev–Trinajstić information content (AvgIpc) is 2.78. The molecule has 3 rings (SSSR count). The second-order valence-electron chi connectivity index (χ2n) is 10.4. The molecule has 1 atom stereocenters. The van der Waals surface area contributed by atoms with Gasteiger partial charge in [0, 0.05) is 38.0 Å². The normalized spacial score (nSPS) is 17.0. The number of hydrogen-bond acceptors (Lipinski definition) is 6. The van der Waals surface area contributed by atoms with Crippen molar-refractivity contribution >= 4 is 16.0 Å². The topological polar surface area (TPSA) is 76.2 Å². The SMILES string of the molecule is Cc1ccc2c(c1)C(N(CCCCC(=O)OCCN(C)Cc1ccccc1)S(C)(=O)=O)CC(C)(C)O2. The van der Waals surface area contributed by atoms with E-state index < -0.39 is 15.6 Å². The molecule has 0 spiro atoms. The molecule has 0 aliphatic carbocycles. The zero-order chi connectivity index (χ0) is 26.3.